The zero-order valence-electron chi connectivity index (χ0n) is 16.4. The molecule has 0 heterocycles. The normalized spacial score (nSPS) is 16.1. The Morgan fingerprint density at radius 3 is 1.93 bits per heavy atom. The standard InChI is InChI=1S/C21H16P.C5H5.2ClH.Zr/c1-3-11-19(12-4-1)22(20-13-5-2-6-14-20)21-15-17-9-7-8-10-18(17)16-21;1-2-4-5-3-1;;;/h1-16H;1-3H,4H2;2*1H;/q;;;;+2/p-2. The summed E-state index contributed by atoms with van der Waals surface area (Å²) in [6.07, 6.45) is 10.6. The molecule has 30 heavy (non-hydrogen) atoms. The number of halogens is 2. The Labute approximate surface area is 204 Å². The number of fused-ring (bicyclic) bond motifs is 1. The predicted octanol–water partition coefficient (Wildman–Crippen LogP) is 0.149. The van der Waals surface area contributed by atoms with Crippen LogP contribution in [0.5, 0.6) is 0 Å². The van der Waals surface area contributed by atoms with Crippen molar-refractivity contribution in [2.45, 2.75) is 10.0 Å². The third kappa shape index (κ3) is 4.82. The Kier molecular flexibility index (Phi) is 8.50. The molecule has 1 atom stereocenters. The van der Waals surface area contributed by atoms with Crippen LogP contribution in [0.1, 0.15) is 21.2 Å². The van der Waals surface area contributed by atoms with E-state index in [1.807, 2.05) is 0 Å². The summed E-state index contributed by atoms with van der Waals surface area (Å²) in [5, 5.41) is 4.59. The van der Waals surface area contributed by atoms with Gasteiger partial charge in [0, 0.05) is 0 Å². The second-order valence-electron chi connectivity index (χ2n) is 7.11. The average Bonchev–Trinajstić information content (AvgIpc) is 3.39. The van der Waals surface area contributed by atoms with Crippen molar-refractivity contribution in [2.75, 3.05) is 0 Å². The number of hydrogen-bond acceptors (Lipinski definition) is 0. The first-order valence-corrected chi connectivity index (χ1v) is 13.7. The molecule has 0 saturated heterocycles. The molecule has 0 amide bonds. The summed E-state index contributed by atoms with van der Waals surface area (Å²) in [4.78, 5) is 0. The van der Waals surface area contributed by atoms with E-state index in [0.29, 0.717) is 3.63 Å². The molecular weight excluding hydrogens is 505 g/mol. The van der Waals surface area contributed by atoms with E-state index in [-0.39, 0.29) is 24.8 Å². The third-order valence-corrected chi connectivity index (χ3v) is 12.5. The molecule has 0 spiro atoms. The fourth-order valence-electron chi connectivity index (χ4n) is 3.99. The van der Waals surface area contributed by atoms with Crippen molar-refractivity contribution in [3.05, 3.63) is 123 Å². The summed E-state index contributed by atoms with van der Waals surface area (Å²) in [5.74, 6) is 0. The Morgan fingerprint density at radius 1 is 0.733 bits per heavy atom. The number of benzene rings is 3. The van der Waals surface area contributed by atoms with E-state index in [9.17, 15) is 0 Å². The van der Waals surface area contributed by atoms with Crippen LogP contribution in [0.3, 0.4) is 0 Å². The van der Waals surface area contributed by atoms with E-state index >= 15 is 0 Å². The topological polar surface area (TPSA) is 0 Å². The van der Waals surface area contributed by atoms with Crippen LogP contribution < -0.4 is 35.4 Å². The van der Waals surface area contributed by atoms with Gasteiger partial charge in [0.25, 0.3) is 0 Å². The van der Waals surface area contributed by atoms with Gasteiger partial charge in [-0.15, -0.1) is 0 Å². The van der Waals surface area contributed by atoms with Crippen LogP contribution in [-0.4, -0.2) is 0 Å². The van der Waals surface area contributed by atoms with E-state index in [4.69, 9.17) is 0 Å². The predicted molar refractivity (Wildman–Crippen MR) is 118 cm³/mol. The smallest absolute Gasteiger partial charge is 1.00 e. The second-order valence-corrected chi connectivity index (χ2v) is 13.0. The molecule has 0 saturated carbocycles. The third-order valence-electron chi connectivity index (χ3n) is 5.29. The molecule has 3 aromatic rings. The van der Waals surface area contributed by atoms with Gasteiger partial charge in [0.1, 0.15) is 0 Å². The van der Waals surface area contributed by atoms with Crippen molar-refractivity contribution in [1.82, 2.24) is 0 Å². The minimum Gasteiger partial charge on any atom is -1.00 e. The summed E-state index contributed by atoms with van der Waals surface area (Å²) < 4.78 is 2.35. The van der Waals surface area contributed by atoms with E-state index < -0.39 is 31.2 Å². The van der Waals surface area contributed by atoms with Gasteiger partial charge in [0.2, 0.25) is 0 Å². The fraction of sp³-hybridized carbons (Fsp3) is 0.0769. The van der Waals surface area contributed by atoms with Gasteiger partial charge in [0.15, 0.2) is 0 Å². The Bertz CT molecular complexity index is 1030. The van der Waals surface area contributed by atoms with Crippen LogP contribution in [-0.2, 0) is 23.2 Å². The first kappa shape index (κ1) is 23.4. The van der Waals surface area contributed by atoms with Gasteiger partial charge < -0.3 is 24.8 Å². The quantitative estimate of drug-likeness (QED) is 0.416. The van der Waals surface area contributed by atoms with Crippen LogP contribution in [0.15, 0.2) is 112 Å². The molecule has 0 N–H and O–H groups in total. The molecule has 148 valence electrons. The number of hydrogen-bond donors (Lipinski definition) is 0. The maximum Gasteiger partial charge on any atom is -1.00 e. The van der Waals surface area contributed by atoms with Crippen LogP contribution >= 0.6 is 7.92 Å². The van der Waals surface area contributed by atoms with Crippen LogP contribution in [0.2, 0.25) is 0 Å². The summed E-state index contributed by atoms with van der Waals surface area (Å²) in [5.41, 5.74) is 3.01. The van der Waals surface area contributed by atoms with Crippen molar-refractivity contribution < 1.29 is 48.0 Å². The summed E-state index contributed by atoms with van der Waals surface area (Å²) in [6.45, 7) is 0. The number of rotatable bonds is 5. The van der Waals surface area contributed by atoms with Crippen LogP contribution in [0, 0.1) is 0 Å². The molecule has 2 aliphatic rings. The molecule has 0 bridgehead atoms. The molecule has 5 rings (SSSR count). The van der Waals surface area contributed by atoms with E-state index in [1.165, 1.54) is 22.6 Å². The van der Waals surface area contributed by atoms with E-state index in [2.05, 4.69) is 109 Å². The van der Waals surface area contributed by atoms with Gasteiger partial charge in [-0.05, 0) is 0 Å². The largest absolute Gasteiger partial charge is 1.00 e. The van der Waals surface area contributed by atoms with Crippen LogP contribution in [0.4, 0.5) is 0 Å². The molecule has 0 aliphatic heterocycles. The molecule has 2 aliphatic carbocycles. The molecule has 0 radical (unpaired) electrons. The maximum atomic E-state index is 2.52. The van der Waals surface area contributed by atoms with Gasteiger partial charge >= 0.3 is 181 Å². The first-order chi connectivity index (χ1) is 13.9. The maximum absolute atomic E-state index is 2.52. The first-order valence-electron chi connectivity index (χ1n) is 9.73. The average molecular weight is 527 g/mol. The summed E-state index contributed by atoms with van der Waals surface area (Å²) in [7, 11) is -0.502. The van der Waals surface area contributed by atoms with Crippen molar-refractivity contribution in [1.29, 1.82) is 0 Å². The summed E-state index contributed by atoms with van der Waals surface area (Å²) >= 11 is -0.738. The molecule has 0 aromatic heterocycles. The molecule has 3 aromatic carbocycles. The van der Waals surface area contributed by atoms with Gasteiger partial charge in [-0.3, -0.25) is 0 Å². The van der Waals surface area contributed by atoms with Crippen molar-refractivity contribution in [3.63, 3.8) is 0 Å². The molecular formula is C26H21Cl2PZr. The molecule has 0 fully saturated rings. The van der Waals surface area contributed by atoms with E-state index in [0.717, 1.165) is 0 Å². The SMILES string of the molecule is C1=CC[C]([Zr+2][CH]2C(P(c3ccccc3)c3ccccc3)=Cc3ccccc32)=C1.[Cl-].[Cl-]. The van der Waals surface area contributed by atoms with Crippen molar-refractivity contribution in [2.24, 2.45) is 0 Å². The van der Waals surface area contributed by atoms with Gasteiger partial charge in [-0.25, -0.2) is 0 Å². The minimum absolute atomic E-state index is 0. The molecule has 1 unspecified atom stereocenters. The zero-order chi connectivity index (χ0) is 18.8. The Balaban J connectivity index is 0.00000128. The van der Waals surface area contributed by atoms with Gasteiger partial charge in [0.05, 0.1) is 0 Å². The monoisotopic (exact) mass is 524 g/mol. The van der Waals surface area contributed by atoms with Crippen molar-refractivity contribution in [3.8, 4) is 0 Å². The molecule has 0 nitrogen and oxygen atoms in total. The van der Waals surface area contributed by atoms with Gasteiger partial charge in [-0.2, -0.15) is 0 Å². The second kappa shape index (κ2) is 10.9. The Morgan fingerprint density at radius 2 is 1.33 bits per heavy atom. The summed E-state index contributed by atoms with van der Waals surface area (Å²) in [6, 6.07) is 31.4. The van der Waals surface area contributed by atoms with Crippen LogP contribution in [0.25, 0.3) is 6.08 Å². The fourth-order valence-corrected chi connectivity index (χ4v) is 11.4. The number of allylic oxidation sites excluding steroid dienone is 5. The Hall–Kier alpha value is -1.23. The van der Waals surface area contributed by atoms with Gasteiger partial charge in [-0.1, -0.05) is 0 Å². The van der Waals surface area contributed by atoms with Crippen molar-refractivity contribution >= 4 is 24.6 Å². The molecule has 4 heteroatoms. The minimum atomic E-state index is -0.738. The zero-order valence-corrected chi connectivity index (χ0v) is 21.2. The van der Waals surface area contributed by atoms with E-state index in [1.54, 1.807) is 14.2 Å².